The van der Waals surface area contributed by atoms with Gasteiger partial charge in [-0.1, -0.05) is 28.6 Å². The molecule has 0 N–H and O–H groups in total. The van der Waals surface area contributed by atoms with Crippen molar-refractivity contribution < 1.29 is 4.92 Å². The maximum Gasteiger partial charge on any atom is 0.271 e. The van der Waals surface area contributed by atoms with E-state index in [2.05, 4.69) is 21.9 Å². The molecule has 0 atom stereocenters. The molecule has 0 aliphatic heterocycles. The SMILES string of the molecule is [N-]=[N+]=NCC#Cc1ccc([N+](=O)[O-])cc1Cl. The van der Waals surface area contributed by atoms with Crippen LogP contribution in [0.1, 0.15) is 5.56 Å². The molecule has 0 fully saturated rings. The molecular formula is C9H5ClN4O2. The molecule has 0 aromatic heterocycles. The molecule has 0 aliphatic carbocycles. The van der Waals surface area contributed by atoms with Crippen molar-refractivity contribution in [3.8, 4) is 11.8 Å². The Morgan fingerprint density at radius 3 is 2.94 bits per heavy atom. The van der Waals surface area contributed by atoms with Crippen LogP contribution >= 0.6 is 11.6 Å². The Hall–Kier alpha value is -2.22. The molecule has 1 aromatic rings. The number of non-ortho nitro benzene ring substituents is 1. The molecule has 0 unspecified atom stereocenters. The van der Waals surface area contributed by atoms with E-state index in [9.17, 15) is 10.1 Å². The first kappa shape index (κ1) is 11.9. The van der Waals surface area contributed by atoms with Crippen LogP contribution in [0.3, 0.4) is 0 Å². The first-order valence-electron chi connectivity index (χ1n) is 4.09. The molecule has 0 heterocycles. The molecule has 1 aromatic carbocycles. The first-order chi connectivity index (χ1) is 7.65. The lowest BCUT2D eigenvalue weighted by atomic mass is 10.2. The fourth-order valence-electron chi connectivity index (χ4n) is 0.921. The van der Waals surface area contributed by atoms with Gasteiger partial charge in [-0.05, 0) is 11.6 Å². The van der Waals surface area contributed by atoms with Gasteiger partial charge in [-0.3, -0.25) is 10.1 Å². The zero-order chi connectivity index (χ0) is 12.0. The Morgan fingerprint density at radius 2 is 2.38 bits per heavy atom. The maximum atomic E-state index is 10.4. The van der Waals surface area contributed by atoms with E-state index in [1.807, 2.05) is 0 Å². The van der Waals surface area contributed by atoms with Gasteiger partial charge in [0.15, 0.2) is 0 Å². The van der Waals surface area contributed by atoms with Gasteiger partial charge in [0.05, 0.1) is 16.5 Å². The lowest BCUT2D eigenvalue weighted by Crippen LogP contribution is -1.88. The van der Waals surface area contributed by atoms with Crippen LogP contribution in [0.5, 0.6) is 0 Å². The van der Waals surface area contributed by atoms with Crippen LogP contribution in [0.15, 0.2) is 23.3 Å². The van der Waals surface area contributed by atoms with Crippen LogP contribution in [0.4, 0.5) is 5.69 Å². The van der Waals surface area contributed by atoms with E-state index in [0.717, 1.165) is 0 Å². The van der Waals surface area contributed by atoms with Gasteiger partial charge >= 0.3 is 0 Å². The number of hydrogen-bond donors (Lipinski definition) is 0. The summed E-state index contributed by atoms with van der Waals surface area (Å²) >= 11 is 5.78. The molecule has 0 amide bonds. The van der Waals surface area contributed by atoms with E-state index in [-0.39, 0.29) is 17.3 Å². The molecule has 0 saturated heterocycles. The van der Waals surface area contributed by atoms with Crippen molar-refractivity contribution >= 4 is 17.3 Å². The zero-order valence-corrected chi connectivity index (χ0v) is 8.68. The number of hydrogen-bond acceptors (Lipinski definition) is 3. The molecular weight excluding hydrogens is 232 g/mol. The summed E-state index contributed by atoms with van der Waals surface area (Å²) in [6.45, 7) is 0.0316. The van der Waals surface area contributed by atoms with Crippen LogP contribution in [0, 0.1) is 22.0 Å². The lowest BCUT2D eigenvalue weighted by Gasteiger charge is -1.95. The molecule has 0 spiro atoms. The normalized spacial score (nSPS) is 8.56. The average Bonchev–Trinajstić information content (AvgIpc) is 2.26. The summed E-state index contributed by atoms with van der Waals surface area (Å²) in [6.07, 6.45) is 0. The van der Waals surface area contributed by atoms with Gasteiger partial charge in [-0.2, -0.15) is 0 Å². The molecule has 0 bridgehead atoms. The van der Waals surface area contributed by atoms with Crippen LogP contribution in [0.25, 0.3) is 10.4 Å². The maximum absolute atomic E-state index is 10.4. The van der Waals surface area contributed by atoms with E-state index >= 15 is 0 Å². The fourth-order valence-corrected chi connectivity index (χ4v) is 1.14. The average molecular weight is 237 g/mol. The summed E-state index contributed by atoms with van der Waals surface area (Å²) in [5.41, 5.74) is 8.37. The minimum absolute atomic E-state index is 0.0316. The van der Waals surface area contributed by atoms with E-state index in [0.29, 0.717) is 5.56 Å². The monoisotopic (exact) mass is 236 g/mol. The second-order valence-electron chi connectivity index (χ2n) is 2.61. The van der Waals surface area contributed by atoms with Crippen molar-refractivity contribution in [1.82, 2.24) is 0 Å². The number of azide groups is 1. The van der Waals surface area contributed by atoms with E-state index in [4.69, 9.17) is 17.1 Å². The number of nitro groups is 1. The van der Waals surface area contributed by atoms with Gasteiger partial charge in [0, 0.05) is 22.6 Å². The van der Waals surface area contributed by atoms with Crippen LogP contribution in [0.2, 0.25) is 5.02 Å². The predicted molar refractivity (Wildman–Crippen MR) is 59.0 cm³/mol. The summed E-state index contributed by atoms with van der Waals surface area (Å²) in [6, 6.07) is 3.98. The highest BCUT2D eigenvalue weighted by Crippen LogP contribution is 2.21. The second kappa shape index (κ2) is 5.61. The third-order valence-electron chi connectivity index (χ3n) is 1.60. The number of rotatable bonds is 2. The van der Waals surface area contributed by atoms with Crippen LogP contribution in [-0.2, 0) is 0 Å². The van der Waals surface area contributed by atoms with Gasteiger partial charge in [-0.25, -0.2) is 0 Å². The Balaban J connectivity index is 2.93. The van der Waals surface area contributed by atoms with Crippen molar-refractivity contribution in [3.05, 3.63) is 49.3 Å². The van der Waals surface area contributed by atoms with Crippen molar-refractivity contribution in [3.63, 3.8) is 0 Å². The topological polar surface area (TPSA) is 91.9 Å². The first-order valence-corrected chi connectivity index (χ1v) is 4.46. The van der Waals surface area contributed by atoms with E-state index < -0.39 is 4.92 Å². The zero-order valence-electron chi connectivity index (χ0n) is 7.92. The Labute approximate surface area is 95.6 Å². The number of nitrogens with zero attached hydrogens (tertiary/aromatic N) is 4. The molecule has 0 saturated carbocycles. The van der Waals surface area contributed by atoms with E-state index in [1.54, 1.807) is 0 Å². The fraction of sp³-hybridized carbons (Fsp3) is 0.111. The number of nitro benzene ring substituents is 1. The third kappa shape index (κ3) is 3.17. The standard InChI is InChI=1S/C9H5ClN4O2/c10-9-6-8(14(15)16)4-3-7(9)2-1-5-12-13-11/h3-4,6H,5H2. The van der Waals surface area contributed by atoms with Gasteiger partial charge in [0.25, 0.3) is 5.69 Å². The van der Waals surface area contributed by atoms with Crippen molar-refractivity contribution in [2.24, 2.45) is 5.11 Å². The number of benzene rings is 1. The molecule has 0 aliphatic rings. The Morgan fingerprint density at radius 1 is 1.62 bits per heavy atom. The van der Waals surface area contributed by atoms with Gasteiger partial charge < -0.3 is 0 Å². The summed E-state index contributed by atoms with van der Waals surface area (Å²) < 4.78 is 0. The van der Waals surface area contributed by atoms with Gasteiger partial charge in [0.1, 0.15) is 0 Å². The second-order valence-corrected chi connectivity index (χ2v) is 3.02. The smallest absolute Gasteiger partial charge is 0.258 e. The summed E-state index contributed by atoms with van der Waals surface area (Å²) in [5.74, 6) is 5.21. The lowest BCUT2D eigenvalue weighted by molar-refractivity contribution is -0.384. The minimum atomic E-state index is -0.539. The molecule has 6 nitrogen and oxygen atoms in total. The van der Waals surface area contributed by atoms with E-state index in [1.165, 1.54) is 18.2 Å². The Bertz CT molecular complexity index is 526. The highest BCUT2D eigenvalue weighted by molar-refractivity contribution is 6.32. The van der Waals surface area contributed by atoms with Crippen LogP contribution < -0.4 is 0 Å². The molecule has 80 valence electrons. The molecule has 1 rings (SSSR count). The predicted octanol–water partition coefficient (Wildman–Crippen LogP) is 2.91. The quantitative estimate of drug-likeness (QED) is 0.197. The van der Waals surface area contributed by atoms with Crippen LogP contribution in [-0.4, -0.2) is 11.5 Å². The molecule has 0 radical (unpaired) electrons. The van der Waals surface area contributed by atoms with Gasteiger partial charge in [0.2, 0.25) is 0 Å². The van der Waals surface area contributed by atoms with Crippen molar-refractivity contribution in [1.29, 1.82) is 0 Å². The minimum Gasteiger partial charge on any atom is -0.258 e. The summed E-state index contributed by atoms with van der Waals surface area (Å²) in [4.78, 5) is 12.4. The van der Waals surface area contributed by atoms with Crippen molar-refractivity contribution in [2.75, 3.05) is 6.54 Å². The highest BCUT2D eigenvalue weighted by atomic mass is 35.5. The van der Waals surface area contributed by atoms with Crippen molar-refractivity contribution in [2.45, 2.75) is 0 Å². The molecule has 16 heavy (non-hydrogen) atoms. The van der Waals surface area contributed by atoms with Gasteiger partial charge in [-0.15, -0.1) is 0 Å². The molecule has 7 heteroatoms. The summed E-state index contributed by atoms with van der Waals surface area (Å²) in [7, 11) is 0. The largest absolute Gasteiger partial charge is 0.271 e. The highest BCUT2D eigenvalue weighted by Gasteiger charge is 2.07. The third-order valence-corrected chi connectivity index (χ3v) is 1.91. The summed E-state index contributed by atoms with van der Waals surface area (Å²) in [5, 5.41) is 13.8. The number of halogens is 1. The Kier molecular flexibility index (Phi) is 4.16.